The van der Waals surface area contributed by atoms with Crippen molar-refractivity contribution in [1.82, 2.24) is 0 Å². The fourth-order valence-electron chi connectivity index (χ4n) is 1.80. The molecule has 0 saturated carbocycles. The van der Waals surface area contributed by atoms with Crippen LogP contribution in [0.5, 0.6) is 0 Å². The van der Waals surface area contributed by atoms with Crippen molar-refractivity contribution in [2.75, 3.05) is 0 Å². The van der Waals surface area contributed by atoms with Crippen molar-refractivity contribution in [1.29, 1.82) is 0 Å². The molecule has 82 valence electrons. The molecule has 2 aromatic rings. The number of thiophene rings is 1. The molecule has 0 nitrogen and oxygen atoms in total. The van der Waals surface area contributed by atoms with Gasteiger partial charge in [-0.3, -0.25) is 0 Å². The van der Waals surface area contributed by atoms with Crippen molar-refractivity contribution in [2.45, 2.75) is 12.3 Å². The highest BCUT2D eigenvalue weighted by Gasteiger charge is 2.27. The Morgan fingerprint density at radius 1 is 1.25 bits per heavy atom. The molecule has 1 atom stereocenters. The summed E-state index contributed by atoms with van der Waals surface area (Å²) in [6.07, 6.45) is 2.01. The largest absolute Gasteiger partial charge is 0.148 e. The fraction of sp³-hybridized carbons (Fsp3) is 0.143. The number of allylic oxidation sites excluding steroid dienone is 1. The Bertz CT molecular complexity index is 487. The monoisotopic (exact) mass is 292 g/mol. The van der Waals surface area contributed by atoms with Gasteiger partial charge in [-0.15, -0.1) is 17.9 Å². The summed E-state index contributed by atoms with van der Waals surface area (Å²) in [6, 6.07) is 12.6. The van der Waals surface area contributed by atoms with Gasteiger partial charge in [0, 0.05) is 14.8 Å². The van der Waals surface area contributed by atoms with Crippen LogP contribution in [0, 0.1) is 0 Å². The van der Waals surface area contributed by atoms with Crippen LogP contribution in [0.4, 0.5) is 0 Å². The molecule has 0 N–H and O–H groups in total. The van der Waals surface area contributed by atoms with Crippen molar-refractivity contribution in [3.63, 3.8) is 0 Å². The SMILES string of the molecule is C=C[C@](C)(c1cccs1)c1ccccc1Br. The summed E-state index contributed by atoms with van der Waals surface area (Å²) in [6.45, 7) is 6.19. The van der Waals surface area contributed by atoms with Crippen LogP contribution in [0.15, 0.2) is 58.9 Å². The standard InChI is InChI=1S/C14H13BrS/c1-3-14(2,13-9-6-10-16-13)11-7-4-5-8-12(11)15/h3-10H,1H2,2H3/t14-/m0/s1. The third-order valence-electron chi connectivity index (χ3n) is 2.87. The zero-order valence-electron chi connectivity index (χ0n) is 9.11. The molecule has 0 aliphatic rings. The van der Waals surface area contributed by atoms with Gasteiger partial charge in [0.2, 0.25) is 0 Å². The van der Waals surface area contributed by atoms with E-state index in [0.29, 0.717) is 0 Å². The van der Waals surface area contributed by atoms with Gasteiger partial charge in [0.1, 0.15) is 0 Å². The molecule has 0 bridgehead atoms. The van der Waals surface area contributed by atoms with Crippen molar-refractivity contribution in [2.24, 2.45) is 0 Å². The van der Waals surface area contributed by atoms with Gasteiger partial charge in [-0.1, -0.05) is 46.3 Å². The van der Waals surface area contributed by atoms with E-state index in [1.807, 2.05) is 12.1 Å². The lowest BCUT2D eigenvalue weighted by molar-refractivity contribution is 0.739. The molecule has 0 fully saturated rings. The molecule has 0 radical (unpaired) electrons. The molecule has 0 saturated heterocycles. The lowest BCUT2D eigenvalue weighted by Gasteiger charge is -2.26. The second kappa shape index (κ2) is 4.56. The molecule has 2 heteroatoms. The minimum absolute atomic E-state index is 0.117. The first-order valence-electron chi connectivity index (χ1n) is 5.11. The Hall–Kier alpha value is -0.860. The smallest absolute Gasteiger partial charge is 0.0456 e. The molecule has 0 aliphatic carbocycles. The summed E-state index contributed by atoms with van der Waals surface area (Å²) < 4.78 is 1.13. The van der Waals surface area contributed by atoms with Gasteiger partial charge < -0.3 is 0 Å². The van der Waals surface area contributed by atoms with Gasteiger partial charge in [0.05, 0.1) is 0 Å². The highest BCUT2D eigenvalue weighted by molar-refractivity contribution is 9.10. The topological polar surface area (TPSA) is 0 Å². The van der Waals surface area contributed by atoms with Gasteiger partial charge in [-0.05, 0) is 30.0 Å². The second-order valence-electron chi connectivity index (χ2n) is 3.86. The Labute approximate surface area is 109 Å². The Morgan fingerprint density at radius 2 is 2.00 bits per heavy atom. The van der Waals surface area contributed by atoms with Crippen LogP contribution in [0.1, 0.15) is 17.4 Å². The number of hydrogen-bond acceptors (Lipinski definition) is 1. The molecule has 1 aromatic heterocycles. The van der Waals surface area contributed by atoms with E-state index in [0.717, 1.165) is 4.47 Å². The number of benzene rings is 1. The zero-order valence-corrected chi connectivity index (χ0v) is 11.5. The van der Waals surface area contributed by atoms with Crippen molar-refractivity contribution >= 4 is 27.3 Å². The average molecular weight is 293 g/mol. The predicted octanol–water partition coefficient (Wildman–Crippen LogP) is 5.00. The van der Waals surface area contributed by atoms with Gasteiger partial charge in [-0.2, -0.15) is 0 Å². The number of hydrogen-bond donors (Lipinski definition) is 0. The average Bonchev–Trinajstić information content (AvgIpc) is 2.82. The van der Waals surface area contributed by atoms with Crippen LogP contribution in [-0.2, 0) is 5.41 Å². The second-order valence-corrected chi connectivity index (χ2v) is 5.67. The molecule has 0 amide bonds. The molecule has 0 aliphatic heterocycles. The van der Waals surface area contributed by atoms with Crippen LogP contribution in [0.3, 0.4) is 0 Å². The maximum Gasteiger partial charge on any atom is 0.0456 e. The van der Waals surface area contributed by atoms with Crippen molar-refractivity contribution in [3.8, 4) is 0 Å². The Kier molecular flexibility index (Phi) is 3.31. The summed E-state index contributed by atoms with van der Waals surface area (Å²) in [5.74, 6) is 0. The third-order valence-corrected chi connectivity index (χ3v) is 4.67. The number of halogens is 1. The van der Waals surface area contributed by atoms with Gasteiger partial charge in [-0.25, -0.2) is 0 Å². The van der Waals surface area contributed by atoms with E-state index in [-0.39, 0.29) is 5.41 Å². The minimum atomic E-state index is -0.117. The maximum absolute atomic E-state index is 3.99. The van der Waals surface area contributed by atoms with E-state index in [1.165, 1.54) is 10.4 Å². The predicted molar refractivity (Wildman–Crippen MR) is 75.1 cm³/mol. The van der Waals surface area contributed by atoms with E-state index in [1.54, 1.807) is 11.3 Å². The molecule has 16 heavy (non-hydrogen) atoms. The summed E-state index contributed by atoms with van der Waals surface area (Å²) in [4.78, 5) is 1.31. The fourth-order valence-corrected chi connectivity index (χ4v) is 3.40. The Morgan fingerprint density at radius 3 is 2.56 bits per heavy atom. The third kappa shape index (κ3) is 1.87. The summed E-state index contributed by atoms with van der Waals surface area (Å²) in [5, 5.41) is 2.11. The van der Waals surface area contributed by atoms with Crippen molar-refractivity contribution < 1.29 is 0 Å². The van der Waals surface area contributed by atoms with Crippen LogP contribution in [0.25, 0.3) is 0 Å². The summed E-state index contributed by atoms with van der Waals surface area (Å²) >= 11 is 5.38. The Balaban J connectivity index is 2.59. The molecular weight excluding hydrogens is 280 g/mol. The lowest BCUT2D eigenvalue weighted by atomic mass is 9.81. The van der Waals surface area contributed by atoms with E-state index in [4.69, 9.17) is 0 Å². The van der Waals surface area contributed by atoms with E-state index in [9.17, 15) is 0 Å². The highest BCUT2D eigenvalue weighted by Crippen LogP contribution is 2.39. The quantitative estimate of drug-likeness (QED) is 0.698. The normalized spacial score (nSPS) is 14.4. The van der Waals surface area contributed by atoms with Crippen molar-refractivity contribution in [3.05, 3.63) is 69.3 Å². The van der Waals surface area contributed by atoms with E-state index in [2.05, 4.69) is 65.1 Å². The van der Waals surface area contributed by atoms with Crippen LogP contribution in [-0.4, -0.2) is 0 Å². The van der Waals surface area contributed by atoms with E-state index >= 15 is 0 Å². The molecule has 1 heterocycles. The minimum Gasteiger partial charge on any atom is -0.148 e. The lowest BCUT2D eigenvalue weighted by Crippen LogP contribution is -2.19. The molecule has 0 spiro atoms. The van der Waals surface area contributed by atoms with Crippen LogP contribution in [0.2, 0.25) is 0 Å². The first-order chi connectivity index (χ1) is 7.68. The molecule has 2 rings (SSSR count). The van der Waals surface area contributed by atoms with Gasteiger partial charge >= 0.3 is 0 Å². The maximum atomic E-state index is 3.99. The molecule has 1 aromatic carbocycles. The zero-order chi connectivity index (χ0) is 11.6. The van der Waals surface area contributed by atoms with Gasteiger partial charge in [0.25, 0.3) is 0 Å². The summed E-state index contributed by atoms with van der Waals surface area (Å²) in [7, 11) is 0. The van der Waals surface area contributed by atoms with Crippen LogP contribution < -0.4 is 0 Å². The first kappa shape index (κ1) is 11.6. The molecular formula is C14H13BrS. The van der Waals surface area contributed by atoms with Gasteiger partial charge in [0.15, 0.2) is 0 Å². The molecule has 0 unspecified atom stereocenters. The summed E-state index contributed by atoms with van der Waals surface area (Å²) in [5.41, 5.74) is 1.14. The van der Waals surface area contributed by atoms with Crippen LogP contribution >= 0.6 is 27.3 Å². The highest BCUT2D eigenvalue weighted by atomic mass is 79.9. The van der Waals surface area contributed by atoms with E-state index < -0.39 is 0 Å². The first-order valence-corrected chi connectivity index (χ1v) is 6.78. The number of rotatable bonds is 3.